The SMILES string of the molecule is C=C1N=C(C2=CC(C)C=CC=C2)CS1. The van der Waals surface area contributed by atoms with E-state index in [0.717, 1.165) is 16.5 Å². The molecule has 0 aromatic rings. The predicted octanol–water partition coefficient (Wildman–Crippen LogP) is 3.33. The number of aliphatic imine (C=N–C) groups is 1. The molecule has 0 aromatic carbocycles. The first-order valence-corrected chi connectivity index (χ1v) is 5.70. The monoisotopic (exact) mass is 203 g/mol. The zero-order valence-electron chi connectivity index (χ0n) is 8.23. The minimum atomic E-state index is 0.488. The maximum Gasteiger partial charge on any atom is 0.0895 e. The fourth-order valence-electron chi connectivity index (χ4n) is 1.50. The van der Waals surface area contributed by atoms with Gasteiger partial charge in [0.25, 0.3) is 0 Å². The Hall–Kier alpha value is -1.02. The Morgan fingerprint density at radius 3 is 3.07 bits per heavy atom. The van der Waals surface area contributed by atoms with Gasteiger partial charge in [-0.3, -0.25) is 0 Å². The van der Waals surface area contributed by atoms with Crippen LogP contribution in [-0.2, 0) is 0 Å². The summed E-state index contributed by atoms with van der Waals surface area (Å²) in [7, 11) is 0. The van der Waals surface area contributed by atoms with Crippen LogP contribution in [-0.4, -0.2) is 11.5 Å². The standard InChI is InChI=1S/C12H13NS/c1-9-5-3-4-6-11(7-9)12-8-14-10(2)13-12/h3-7,9H,2,8H2,1H3. The fraction of sp³-hybridized carbons (Fsp3) is 0.250. The molecule has 0 saturated carbocycles. The minimum absolute atomic E-state index is 0.488. The topological polar surface area (TPSA) is 12.4 Å². The third kappa shape index (κ3) is 2.07. The Bertz CT molecular complexity index is 372. The summed E-state index contributed by atoms with van der Waals surface area (Å²) in [5.74, 6) is 1.45. The molecule has 0 aromatic heterocycles. The summed E-state index contributed by atoms with van der Waals surface area (Å²) in [6, 6.07) is 0. The highest BCUT2D eigenvalue weighted by atomic mass is 32.2. The van der Waals surface area contributed by atoms with Gasteiger partial charge < -0.3 is 0 Å². The molecule has 1 aliphatic carbocycles. The molecule has 0 bridgehead atoms. The van der Waals surface area contributed by atoms with Gasteiger partial charge in [0.15, 0.2) is 0 Å². The van der Waals surface area contributed by atoms with Gasteiger partial charge in [-0.15, -0.1) is 11.8 Å². The Balaban J connectivity index is 2.26. The second kappa shape index (κ2) is 4.01. The molecule has 1 atom stereocenters. The summed E-state index contributed by atoms with van der Waals surface area (Å²) in [4.78, 5) is 4.43. The van der Waals surface area contributed by atoms with E-state index >= 15 is 0 Å². The third-order valence-corrected chi connectivity index (χ3v) is 3.05. The molecule has 2 heteroatoms. The van der Waals surface area contributed by atoms with Crippen molar-refractivity contribution in [1.82, 2.24) is 0 Å². The van der Waals surface area contributed by atoms with Gasteiger partial charge in [-0.1, -0.05) is 43.9 Å². The molecule has 0 spiro atoms. The Morgan fingerprint density at radius 1 is 1.50 bits per heavy atom. The van der Waals surface area contributed by atoms with E-state index in [1.54, 1.807) is 11.8 Å². The van der Waals surface area contributed by atoms with E-state index in [1.807, 2.05) is 0 Å². The van der Waals surface area contributed by atoms with Gasteiger partial charge in [0.2, 0.25) is 0 Å². The van der Waals surface area contributed by atoms with Crippen molar-refractivity contribution in [3.05, 3.63) is 47.6 Å². The fourth-order valence-corrected chi connectivity index (χ4v) is 2.21. The van der Waals surface area contributed by atoms with E-state index in [1.165, 1.54) is 5.57 Å². The van der Waals surface area contributed by atoms with Crippen LogP contribution >= 0.6 is 11.8 Å². The van der Waals surface area contributed by atoms with Crippen LogP contribution in [0.15, 0.2) is 52.6 Å². The van der Waals surface area contributed by atoms with Crippen LogP contribution < -0.4 is 0 Å². The average molecular weight is 203 g/mol. The van der Waals surface area contributed by atoms with Gasteiger partial charge in [-0.25, -0.2) is 4.99 Å². The molecule has 2 rings (SSSR count). The van der Waals surface area contributed by atoms with Crippen LogP contribution in [0.1, 0.15) is 6.92 Å². The minimum Gasteiger partial charge on any atom is -0.246 e. The molecule has 0 fully saturated rings. The van der Waals surface area contributed by atoms with Crippen molar-refractivity contribution in [3.63, 3.8) is 0 Å². The molecule has 1 nitrogen and oxygen atoms in total. The van der Waals surface area contributed by atoms with Crippen molar-refractivity contribution in [1.29, 1.82) is 0 Å². The van der Waals surface area contributed by atoms with Gasteiger partial charge in [0.1, 0.15) is 0 Å². The maximum absolute atomic E-state index is 4.43. The summed E-state index contributed by atoms with van der Waals surface area (Å²) in [5.41, 5.74) is 2.40. The van der Waals surface area contributed by atoms with Gasteiger partial charge in [0, 0.05) is 5.75 Å². The van der Waals surface area contributed by atoms with E-state index in [0.29, 0.717) is 5.92 Å². The number of nitrogens with zero attached hydrogens (tertiary/aromatic N) is 1. The highest BCUT2D eigenvalue weighted by Crippen LogP contribution is 2.26. The summed E-state index contributed by atoms with van der Waals surface area (Å²) < 4.78 is 0. The Labute approximate surface area is 89.0 Å². The number of thioether (sulfide) groups is 1. The smallest absolute Gasteiger partial charge is 0.0895 e. The highest BCUT2D eigenvalue weighted by Gasteiger charge is 2.13. The average Bonchev–Trinajstić information content (AvgIpc) is 2.45. The lowest BCUT2D eigenvalue weighted by molar-refractivity contribution is 0.939. The Morgan fingerprint density at radius 2 is 2.36 bits per heavy atom. The molecule has 1 heterocycles. The van der Waals surface area contributed by atoms with Crippen LogP contribution in [0.3, 0.4) is 0 Å². The number of allylic oxidation sites excluding steroid dienone is 6. The van der Waals surface area contributed by atoms with Crippen LogP contribution in [0.5, 0.6) is 0 Å². The number of hydrogen-bond acceptors (Lipinski definition) is 2. The van der Waals surface area contributed by atoms with E-state index in [9.17, 15) is 0 Å². The molecule has 0 saturated heterocycles. The zero-order chi connectivity index (χ0) is 9.97. The van der Waals surface area contributed by atoms with Crippen molar-refractivity contribution in [2.45, 2.75) is 6.92 Å². The van der Waals surface area contributed by atoms with Gasteiger partial charge in [-0.05, 0) is 11.5 Å². The Kier molecular flexibility index (Phi) is 2.73. The number of rotatable bonds is 1. The first kappa shape index (κ1) is 9.53. The van der Waals surface area contributed by atoms with Crippen LogP contribution in [0.2, 0.25) is 0 Å². The molecular formula is C12H13NS. The van der Waals surface area contributed by atoms with Crippen molar-refractivity contribution in [3.8, 4) is 0 Å². The lowest BCUT2D eigenvalue weighted by Crippen LogP contribution is -2.01. The molecule has 2 aliphatic rings. The third-order valence-electron chi connectivity index (χ3n) is 2.21. The second-order valence-corrected chi connectivity index (χ2v) is 4.51. The van der Waals surface area contributed by atoms with E-state index in [-0.39, 0.29) is 0 Å². The van der Waals surface area contributed by atoms with Crippen LogP contribution in [0, 0.1) is 5.92 Å². The van der Waals surface area contributed by atoms with Crippen molar-refractivity contribution in [2.24, 2.45) is 10.9 Å². The predicted molar refractivity (Wildman–Crippen MR) is 64.6 cm³/mol. The van der Waals surface area contributed by atoms with E-state index in [4.69, 9.17) is 0 Å². The zero-order valence-corrected chi connectivity index (χ0v) is 9.05. The highest BCUT2D eigenvalue weighted by molar-refractivity contribution is 8.04. The molecule has 1 unspecified atom stereocenters. The molecule has 0 radical (unpaired) electrons. The van der Waals surface area contributed by atoms with Gasteiger partial charge in [0.05, 0.1) is 10.7 Å². The molecule has 72 valence electrons. The first-order chi connectivity index (χ1) is 6.75. The van der Waals surface area contributed by atoms with Gasteiger partial charge in [-0.2, -0.15) is 0 Å². The summed E-state index contributed by atoms with van der Waals surface area (Å²) in [5, 5.41) is 0.930. The summed E-state index contributed by atoms with van der Waals surface area (Å²) in [6.07, 6.45) is 10.7. The van der Waals surface area contributed by atoms with Gasteiger partial charge >= 0.3 is 0 Å². The lowest BCUT2D eigenvalue weighted by atomic mass is 10.1. The summed E-state index contributed by atoms with van der Waals surface area (Å²) in [6.45, 7) is 6.03. The quantitative estimate of drug-likeness (QED) is 0.636. The van der Waals surface area contributed by atoms with Crippen molar-refractivity contribution < 1.29 is 0 Å². The molecule has 0 amide bonds. The van der Waals surface area contributed by atoms with E-state index in [2.05, 4.69) is 48.9 Å². The van der Waals surface area contributed by atoms with Crippen molar-refractivity contribution in [2.75, 3.05) is 5.75 Å². The molecule has 1 aliphatic heterocycles. The normalized spacial score (nSPS) is 26.1. The first-order valence-electron chi connectivity index (χ1n) is 4.72. The molecular weight excluding hydrogens is 190 g/mol. The second-order valence-electron chi connectivity index (χ2n) is 3.47. The molecule has 14 heavy (non-hydrogen) atoms. The lowest BCUT2D eigenvalue weighted by Gasteiger charge is -2.01. The van der Waals surface area contributed by atoms with Crippen LogP contribution in [0.25, 0.3) is 0 Å². The maximum atomic E-state index is 4.43. The van der Waals surface area contributed by atoms with E-state index < -0.39 is 0 Å². The van der Waals surface area contributed by atoms with Crippen molar-refractivity contribution >= 4 is 17.5 Å². The largest absolute Gasteiger partial charge is 0.246 e. The molecule has 0 N–H and O–H groups in total. The summed E-state index contributed by atoms with van der Waals surface area (Å²) >= 11 is 1.71. The number of hydrogen-bond donors (Lipinski definition) is 0. The van der Waals surface area contributed by atoms with Crippen LogP contribution in [0.4, 0.5) is 0 Å².